The van der Waals surface area contributed by atoms with Gasteiger partial charge >= 0.3 is 0 Å². The normalized spacial score (nSPS) is 16.1. The van der Waals surface area contributed by atoms with E-state index in [9.17, 15) is 20.4 Å². The molecule has 5 N–H and O–H groups in total. The summed E-state index contributed by atoms with van der Waals surface area (Å²) >= 11 is 0. The fourth-order valence-corrected chi connectivity index (χ4v) is 3.65. The molecule has 4 unspecified atom stereocenters. The Labute approximate surface area is 189 Å². The highest BCUT2D eigenvalue weighted by atomic mass is 79.9. The quantitative estimate of drug-likeness (QED) is 0.122. The summed E-state index contributed by atoms with van der Waals surface area (Å²) in [5, 5.41) is 48.0. The van der Waals surface area contributed by atoms with Crippen molar-refractivity contribution < 1.29 is 47.0 Å². The highest BCUT2D eigenvalue weighted by Gasteiger charge is 2.33. The van der Waals surface area contributed by atoms with Gasteiger partial charge in [0.05, 0.1) is 27.2 Å². The predicted octanol–water partition coefficient (Wildman–Crippen LogP) is -0.796. The highest BCUT2D eigenvalue weighted by molar-refractivity contribution is 4.80. The topological polar surface area (TPSA) is 101 Å². The minimum absolute atomic E-state index is 0. The van der Waals surface area contributed by atoms with Crippen molar-refractivity contribution in [1.82, 2.24) is 0 Å². The van der Waals surface area contributed by atoms with E-state index < -0.39 is 31.0 Å². The van der Waals surface area contributed by atoms with Crippen molar-refractivity contribution in [2.45, 2.75) is 108 Å². The molecule has 0 amide bonds. The highest BCUT2D eigenvalue weighted by Crippen LogP contribution is 2.14. The van der Waals surface area contributed by atoms with Crippen molar-refractivity contribution in [1.29, 1.82) is 0 Å². The summed E-state index contributed by atoms with van der Waals surface area (Å²) in [7, 11) is 3.98. The van der Waals surface area contributed by atoms with Crippen molar-refractivity contribution >= 4 is 0 Å². The molecule has 7 heteroatoms. The lowest BCUT2D eigenvalue weighted by molar-refractivity contribution is -0.894. The fraction of sp³-hybridized carbons (Fsp3) is 1.00. The van der Waals surface area contributed by atoms with Crippen LogP contribution in [0, 0.1) is 0 Å². The first kappa shape index (κ1) is 31.4. The number of likely N-dealkylation sites (N-methyl/N-ethyl adjacent to an activating group) is 1. The van der Waals surface area contributed by atoms with Crippen LogP contribution in [0.1, 0.15) is 84.0 Å². The summed E-state index contributed by atoms with van der Waals surface area (Å²) in [6, 6.07) is 0. The molecule has 0 rings (SSSR count). The zero-order valence-electron chi connectivity index (χ0n) is 19.0. The second-order valence-corrected chi connectivity index (χ2v) is 9.03. The molecule has 0 fully saturated rings. The third kappa shape index (κ3) is 16.6. The number of halogens is 1. The number of rotatable bonds is 19. The van der Waals surface area contributed by atoms with Gasteiger partial charge in [0.2, 0.25) is 0 Å². The third-order valence-electron chi connectivity index (χ3n) is 5.62. The number of hydrogen-bond acceptors (Lipinski definition) is 5. The first-order chi connectivity index (χ1) is 13.2. The molecule has 0 radical (unpaired) electrons. The van der Waals surface area contributed by atoms with Gasteiger partial charge in [-0.3, -0.25) is 0 Å². The van der Waals surface area contributed by atoms with Gasteiger partial charge in [0.1, 0.15) is 31.0 Å². The van der Waals surface area contributed by atoms with Crippen LogP contribution in [0.5, 0.6) is 0 Å². The predicted molar refractivity (Wildman–Crippen MR) is 114 cm³/mol. The molecule has 0 bridgehead atoms. The molecule has 6 nitrogen and oxygen atoms in total. The van der Waals surface area contributed by atoms with Gasteiger partial charge < -0.3 is 47.0 Å². The second kappa shape index (κ2) is 19.0. The Morgan fingerprint density at radius 2 is 1.00 bits per heavy atom. The smallest absolute Gasteiger partial charge is 0.131 e. The number of aliphatic hydroxyl groups excluding tert-OH is 5. The largest absolute Gasteiger partial charge is 1.00 e. The van der Waals surface area contributed by atoms with Crippen LogP contribution in [0.4, 0.5) is 0 Å². The van der Waals surface area contributed by atoms with Gasteiger partial charge in [-0.15, -0.1) is 0 Å². The molecule has 0 spiro atoms. The lowest BCUT2D eigenvalue weighted by Crippen LogP contribution is -3.00. The number of nitrogens with zero attached hydrogens (tertiary/aromatic N) is 1. The summed E-state index contributed by atoms with van der Waals surface area (Å²) in [5.74, 6) is 0. The van der Waals surface area contributed by atoms with Crippen LogP contribution in [-0.4, -0.2) is 88.2 Å². The molecule has 0 aromatic heterocycles. The molecule has 0 aliphatic carbocycles. The van der Waals surface area contributed by atoms with Gasteiger partial charge in [-0.25, -0.2) is 0 Å². The summed E-state index contributed by atoms with van der Waals surface area (Å²) in [6.07, 6.45) is 10.0. The van der Waals surface area contributed by atoms with Crippen LogP contribution in [-0.2, 0) is 0 Å². The lowest BCUT2D eigenvalue weighted by Gasteiger charge is -2.34. The summed E-state index contributed by atoms with van der Waals surface area (Å²) < 4.78 is 0.540. The number of aliphatic hydroxyl groups is 5. The monoisotopic (exact) mass is 485 g/mol. The summed E-state index contributed by atoms with van der Waals surface area (Å²) in [4.78, 5) is 0. The molecule has 0 aliphatic rings. The first-order valence-electron chi connectivity index (χ1n) is 11.4. The van der Waals surface area contributed by atoms with Crippen molar-refractivity contribution in [2.75, 3.05) is 33.8 Å². The third-order valence-corrected chi connectivity index (χ3v) is 5.62. The van der Waals surface area contributed by atoms with Crippen molar-refractivity contribution in [3.63, 3.8) is 0 Å². The van der Waals surface area contributed by atoms with Crippen LogP contribution in [0.15, 0.2) is 0 Å². The maximum Gasteiger partial charge on any atom is 0.131 e. The molecule has 0 saturated carbocycles. The van der Waals surface area contributed by atoms with Crippen molar-refractivity contribution in [3.05, 3.63) is 0 Å². The molecule has 0 aliphatic heterocycles. The van der Waals surface area contributed by atoms with Gasteiger partial charge in [-0.1, -0.05) is 71.1 Å². The minimum atomic E-state index is -1.55. The SMILES string of the molecule is CCCCCCCCCCCCCC[N+](C)(C)CC(O)C(O)C(O)C(O)CO.[Br-]. The maximum absolute atomic E-state index is 10.1. The average molecular weight is 487 g/mol. The van der Waals surface area contributed by atoms with E-state index in [2.05, 4.69) is 6.92 Å². The van der Waals surface area contributed by atoms with E-state index in [-0.39, 0.29) is 23.5 Å². The second-order valence-electron chi connectivity index (χ2n) is 9.03. The van der Waals surface area contributed by atoms with E-state index in [4.69, 9.17) is 5.11 Å². The molecule has 4 atom stereocenters. The van der Waals surface area contributed by atoms with Crippen molar-refractivity contribution in [2.24, 2.45) is 0 Å². The summed E-state index contributed by atoms with van der Waals surface area (Å²) in [5.41, 5.74) is 0. The molecule has 0 aromatic carbocycles. The number of unbranched alkanes of at least 4 members (excludes halogenated alkanes) is 11. The van der Waals surface area contributed by atoms with Crippen LogP contribution in [0.25, 0.3) is 0 Å². The molecular weight excluding hydrogens is 438 g/mol. The van der Waals surface area contributed by atoms with Gasteiger partial charge in [0, 0.05) is 0 Å². The Morgan fingerprint density at radius 1 is 0.621 bits per heavy atom. The Hall–Kier alpha value is 0.240. The molecule has 0 aromatic rings. The van der Waals surface area contributed by atoms with Gasteiger partial charge in [0.25, 0.3) is 0 Å². The summed E-state index contributed by atoms with van der Waals surface area (Å²) in [6.45, 7) is 2.77. The molecular formula is C22H48BrNO5. The van der Waals surface area contributed by atoms with Gasteiger partial charge in [0.15, 0.2) is 0 Å². The average Bonchev–Trinajstić information content (AvgIpc) is 2.66. The standard InChI is InChI=1S/C22H48NO5.BrH/c1-4-5-6-7-8-9-10-11-12-13-14-15-16-23(2,3)17-19(25)21(27)22(28)20(26)18-24;/h19-22,24-28H,4-18H2,1-3H3;1H/q+1;/p-1. The Bertz CT molecular complexity index is 360. The Morgan fingerprint density at radius 3 is 1.41 bits per heavy atom. The Kier molecular flexibility index (Phi) is 20.6. The van der Waals surface area contributed by atoms with E-state index in [0.717, 1.165) is 13.0 Å². The molecule has 0 heterocycles. The van der Waals surface area contributed by atoms with Crippen LogP contribution in [0.2, 0.25) is 0 Å². The van der Waals surface area contributed by atoms with E-state index >= 15 is 0 Å². The minimum Gasteiger partial charge on any atom is -1.00 e. The van der Waals surface area contributed by atoms with Crippen LogP contribution < -0.4 is 17.0 Å². The van der Waals surface area contributed by atoms with Gasteiger partial charge in [-0.2, -0.15) is 0 Å². The van der Waals surface area contributed by atoms with Crippen molar-refractivity contribution in [3.8, 4) is 0 Å². The Balaban J connectivity index is 0. The van der Waals surface area contributed by atoms with E-state index in [1.54, 1.807) is 0 Å². The molecule has 29 heavy (non-hydrogen) atoms. The fourth-order valence-electron chi connectivity index (χ4n) is 3.65. The number of hydrogen-bond donors (Lipinski definition) is 5. The first-order valence-corrected chi connectivity index (χ1v) is 11.4. The zero-order chi connectivity index (χ0) is 21.4. The van der Waals surface area contributed by atoms with E-state index in [0.29, 0.717) is 4.48 Å². The molecule has 178 valence electrons. The maximum atomic E-state index is 10.1. The molecule has 0 saturated heterocycles. The van der Waals surface area contributed by atoms with E-state index in [1.165, 1.54) is 70.6 Å². The number of quaternary nitrogens is 1. The zero-order valence-corrected chi connectivity index (χ0v) is 20.6. The van der Waals surface area contributed by atoms with Crippen LogP contribution >= 0.6 is 0 Å². The van der Waals surface area contributed by atoms with Gasteiger partial charge in [-0.05, 0) is 12.8 Å². The van der Waals surface area contributed by atoms with Crippen LogP contribution in [0.3, 0.4) is 0 Å². The lowest BCUT2D eigenvalue weighted by atomic mass is 10.0. The van der Waals surface area contributed by atoms with E-state index in [1.807, 2.05) is 14.1 Å².